The number of nitrogen functional groups attached to an aromatic ring is 1. The second-order valence-corrected chi connectivity index (χ2v) is 5.65. The van der Waals surface area contributed by atoms with Gasteiger partial charge in [0.2, 0.25) is 0 Å². The zero-order chi connectivity index (χ0) is 15.9. The fraction of sp³-hybridized carbons (Fsp3) is 0.588. The van der Waals surface area contributed by atoms with Crippen molar-refractivity contribution >= 4 is 36.4 Å². The molecule has 1 fully saturated rings. The van der Waals surface area contributed by atoms with E-state index >= 15 is 0 Å². The molecular weight excluding hydrogens is 349 g/mol. The van der Waals surface area contributed by atoms with Crippen LogP contribution < -0.4 is 5.73 Å². The van der Waals surface area contributed by atoms with Gasteiger partial charge in [0.15, 0.2) is 0 Å². The highest BCUT2D eigenvalue weighted by Gasteiger charge is 2.28. The van der Waals surface area contributed by atoms with Crippen LogP contribution in [0.1, 0.15) is 30.6 Å². The average molecular weight is 378 g/mol. The molecule has 1 unspecified atom stereocenters. The summed E-state index contributed by atoms with van der Waals surface area (Å²) in [7, 11) is 0. The van der Waals surface area contributed by atoms with Crippen LogP contribution in [0.15, 0.2) is 24.3 Å². The molecule has 0 radical (unpaired) electrons. The van der Waals surface area contributed by atoms with Gasteiger partial charge >= 0.3 is 0 Å². The van der Waals surface area contributed by atoms with E-state index in [2.05, 4.69) is 18.7 Å². The Hall–Kier alpha value is -1.01. The van der Waals surface area contributed by atoms with Crippen molar-refractivity contribution in [3.05, 3.63) is 29.8 Å². The van der Waals surface area contributed by atoms with Crippen LogP contribution in [0.3, 0.4) is 0 Å². The number of carbonyl (C=O) groups excluding carboxylic acids is 1. The van der Waals surface area contributed by atoms with Gasteiger partial charge in [-0.1, -0.05) is 26.0 Å². The van der Waals surface area contributed by atoms with Crippen LogP contribution in [0.5, 0.6) is 0 Å². The second kappa shape index (κ2) is 11.5. The lowest BCUT2D eigenvalue weighted by Gasteiger charge is -2.20. The molecule has 2 N–H and O–H groups in total. The molecule has 0 aromatic heterocycles. The van der Waals surface area contributed by atoms with Gasteiger partial charge in [0, 0.05) is 25.3 Å². The molecule has 138 valence electrons. The number of nitrogens with two attached hydrogens (primary N) is 1. The molecule has 1 amide bonds. The highest BCUT2D eigenvalue weighted by Crippen LogP contribution is 2.19. The molecule has 7 heteroatoms. The first-order valence-corrected chi connectivity index (χ1v) is 8.13. The molecule has 0 aliphatic carbocycles. The summed E-state index contributed by atoms with van der Waals surface area (Å²) in [4.78, 5) is 16.6. The maximum Gasteiger partial charge on any atom is 0.256 e. The van der Waals surface area contributed by atoms with Crippen molar-refractivity contribution < 1.29 is 9.53 Å². The van der Waals surface area contributed by atoms with E-state index in [1.54, 1.807) is 12.1 Å². The molecule has 2 rings (SSSR count). The Balaban J connectivity index is 0.00000264. The number of carbonyl (C=O) groups is 1. The van der Waals surface area contributed by atoms with Gasteiger partial charge < -0.3 is 20.3 Å². The molecule has 0 saturated carbocycles. The van der Waals surface area contributed by atoms with Crippen LogP contribution in [0.25, 0.3) is 0 Å². The van der Waals surface area contributed by atoms with Crippen molar-refractivity contribution in [2.45, 2.75) is 26.4 Å². The Morgan fingerprint density at radius 1 is 1.29 bits per heavy atom. The number of nitrogens with zero attached hydrogens (tertiary/aromatic N) is 2. The number of halogens is 2. The molecular formula is C17H29Cl2N3O2. The standard InChI is InChI=1S/C17H27N3O2.2ClH/c1-3-19(4-2)11-12-22-14-9-10-20(13-14)17(21)15-7-5-6-8-16(15)18;;/h5-8,14H,3-4,9-13,18H2,1-2H3;2*1H. The summed E-state index contributed by atoms with van der Waals surface area (Å²) in [5, 5.41) is 0. The minimum absolute atomic E-state index is 0. The van der Waals surface area contributed by atoms with Crippen molar-refractivity contribution in [2.75, 3.05) is 45.1 Å². The number of anilines is 1. The minimum Gasteiger partial charge on any atom is -0.398 e. The van der Waals surface area contributed by atoms with Gasteiger partial charge in [-0.2, -0.15) is 0 Å². The van der Waals surface area contributed by atoms with Crippen molar-refractivity contribution in [3.8, 4) is 0 Å². The number of benzene rings is 1. The number of likely N-dealkylation sites (tertiary alicyclic amines) is 1. The lowest BCUT2D eigenvalue weighted by molar-refractivity contribution is 0.0420. The monoisotopic (exact) mass is 377 g/mol. The number of hydrogen-bond donors (Lipinski definition) is 1. The molecule has 1 aliphatic rings. The normalized spacial score (nSPS) is 16.6. The number of amides is 1. The third-order valence-electron chi connectivity index (χ3n) is 4.28. The van der Waals surface area contributed by atoms with Crippen molar-refractivity contribution in [1.82, 2.24) is 9.80 Å². The van der Waals surface area contributed by atoms with Gasteiger partial charge in [0.05, 0.1) is 18.3 Å². The molecule has 24 heavy (non-hydrogen) atoms. The number of para-hydroxylation sites is 1. The number of hydrogen-bond acceptors (Lipinski definition) is 4. The fourth-order valence-electron chi connectivity index (χ4n) is 2.80. The lowest BCUT2D eigenvalue weighted by atomic mass is 10.1. The van der Waals surface area contributed by atoms with Crippen LogP contribution in [0.2, 0.25) is 0 Å². The first-order chi connectivity index (χ1) is 10.7. The number of rotatable bonds is 7. The summed E-state index contributed by atoms with van der Waals surface area (Å²) >= 11 is 0. The first kappa shape index (κ1) is 23.0. The van der Waals surface area contributed by atoms with Crippen LogP contribution >= 0.6 is 24.8 Å². The SMILES string of the molecule is CCN(CC)CCOC1CCN(C(=O)c2ccccc2N)C1.Cl.Cl. The van der Waals surface area contributed by atoms with Crippen LogP contribution in [-0.4, -0.2) is 61.1 Å². The van der Waals surface area contributed by atoms with Crippen LogP contribution in [-0.2, 0) is 4.74 Å². The highest BCUT2D eigenvalue weighted by molar-refractivity contribution is 5.99. The fourth-order valence-corrected chi connectivity index (χ4v) is 2.80. The predicted molar refractivity (Wildman–Crippen MR) is 103 cm³/mol. The van der Waals surface area contributed by atoms with E-state index in [9.17, 15) is 4.79 Å². The van der Waals surface area contributed by atoms with E-state index in [1.807, 2.05) is 17.0 Å². The smallest absolute Gasteiger partial charge is 0.256 e. The van der Waals surface area contributed by atoms with Crippen molar-refractivity contribution in [2.24, 2.45) is 0 Å². The summed E-state index contributed by atoms with van der Waals surface area (Å²) < 4.78 is 5.92. The third-order valence-corrected chi connectivity index (χ3v) is 4.28. The summed E-state index contributed by atoms with van der Waals surface area (Å²) in [6, 6.07) is 7.24. The van der Waals surface area contributed by atoms with E-state index in [4.69, 9.17) is 10.5 Å². The van der Waals surface area contributed by atoms with E-state index in [-0.39, 0.29) is 36.8 Å². The second-order valence-electron chi connectivity index (χ2n) is 5.65. The third kappa shape index (κ3) is 6.13. The van der Waals surface area contributed by atoms with Gasteiger partial charge in [0.1, 0.15) is 0 Å². The van der Waals surface area contributed by atoms with Crippen LogP contribution in [0, 0.1) is 0 Å². The largest absolute Gasteiger partial charge is 0.398 e. The Morgan fingerprint density at radius 3 is 2.58 bits per heavy atom. The quantitative estimate of drug-likeness (QED) is 0.742. The van der Waals surface area contributed by atoms with E-state index < -0.39 is 0 Å². The number of ether oxygens (including phenoxy) is 1. The molecule has 0 spiro atoms. The lowest BCUT2D eigenvalue weighted by Crippen LogP contribution is -2.32. The van der Waals surface area contributed by atoms with Gasteiger partial charge in [-0.15, -0.1) is 24.8 Å². The molecule has 1 aromatic carbocycles. The van der Waals surface area contributed by atoms with E-state index in [0.717, 1.165) is 39.2 Å². The maximum absolute atomic E-state index is 12.5. The molecule has 1 heterocycles. The van der Waals surface area contributed by atoms with Gasteiger partial charge in [-0.3, -0.25) is 4.79 Å². The first-order valence-electron chi connectivity index (χ1n) is 8.13. The minimum atomic E-state index is 0. The summed E-state index contributed by atoms with van der Waals surface area (Å²) in [5.74, 6) is 0.00735. The Morgan fingerprint density at radius 2 is 1.96 bits per heavy atom. The number of likely N-dealkylation sites (N-methyl/N-ethyl adjacent to an activating group) is 1. The average Bonchev–Trinajstić information content (AvgIpc) is 3.00. The Bertz CT molecular complexity index is 498. The molecule has 1 atom stereocenters. The topological polar surface area (TPSA) is 58.8 Å². The summed E-state index contributed by atoms with van der Waals surface area (Å²) in [6.45, 7) is 9.47. The maximum atomic E-state index is 12.5. The molecule has 5 nitrogen and oxygen atoms in total. The van der Waals surface area contributed by atoms with Gasteiger partial charge in [-0.25, -0.2) is 0 Å². The van der Waals surface area contributed by atoms with Crippen LogP contribution in [0.4, 0.5) is 5.69 Å². The Labute approximate surface area is 157 Å². The van der Waals surface area contributed by atoms with Crippen molar-refractivity contribution in [1.29, 1.82) is 0 Å². The Kier molecular flexibility index (Phi) is 11.0. The molecule has 1 saturated heterocycles. The zero-order valence-electron chi connectivity index (χ0n) is 14.4. The molecule has 1 aromatic rings. The highest BCUT2D eigenvalue weighted by atomic mass is 35.5. The summed E-state index contributed by atoms with van der Waals surface area (Å²) in [6.07, 6.45) is 1.04. The molecule has 0 bridgehead atoms. The summed E-state index contributed by atoms with van der Waals surface area (Å²) in [5.41, 5.74) is 7.01. The van der Waals surface area contributed by atoms with E-state index in [0.29, 0.717) is 17.8 Å². The predicted octanol–water partition coefficient (Wildman–Crippen LogP) is 2.69. The van der Waals surface area contributed by atoms with E-state index in [1.165, 1.54) is 0 Å². The zero-order valence-corrected chi connectivity index (χ0v) is 16.1. The van der Waals surface area contributed by atoms with Crippen molar-refractivity contribution in [3.63, 3.8) is 0 Å². The van der Waals surface area contributed by atoms with Gasteiger partial charge in [0.25, 0.3) is 5.91 Å². The van der Waals surface area contributed by atoms with Gasteiger partial charge in [-0.05, 0) is 31.6 Å². The molecule has 1 aliphatic heterocycles.